The van der Waals surface area contributed by atoms with Gasteiger partial charge in [-0.3, -0.25) is 9.05 Å². The van der Waals surface area contributed by atoms with E-state index in [1.807, 2.05) is 30.3 Å². The van der Waals surface area contributed by atoms with Gasteiger partial charge in [-0.15, -0.1) is 0 Å². The molecule has 3 atom stereocenters. The lowest BCUT2D eigenvalue weighted by Crippen LogP contribution is -2.37. The predicted molar refractivity (Wildman–Crippen MR) is 163 cm³/mol. The summed E-state index contributed by atoms with van der Waals surface area (Å²) in [5, 5.41) is 12.7. The summed E-state index contributed by atoms with van der Waals surface area (Å²) in [7, 11) is -3.45. The molecule has 1 heterocycles. The predicted octanol–water partition coefficient (Wildman–Crippen LogP) is 8.69. The molecule has 40 heavy (non-hydrogen) atoms. The number of hydrogen-bond acceptors (Lipinski definition) is 6. The van der Waals surface area contributed by atoms with E-state index in [1.165, 1.54) is 103 Å². The second-order valence-corrected chi connectivity index (χ2v) is 12.9. The molecule has 0 saturated carbocycles. The minimum atomic E-state index is -3.45. The highest BCUT2D eigenvalue weighted by atomic mass is 31.2. The number of ether oxygens (including phenoxy) is 2. The molecule has 232 valence electrons. The van der Waals surface area contributed by atoms with Crippen LogP contribution in [0.2, 0.25) is 0 Å². The molecule has 0 bridgehead atoms. The van der Waals surface area contributed by atoms with Crippen molar-refractivity contribution < 1.29 is 28.2 Å². The second kappa shape index (κ2) is 23.7. The van der Waals surface area contributed by atoms with Crippen LogP contribution in [0, 0.1) is 0 Å². The van der Waals surface area contributed by atoms with Gasteiger partial charge >= 0.3 is 7.75 Å². The van der Waals surface area contributed by atoms with Crippen molar-refractivity contribution in [2.75, 3.05) is 26.4 Å². The third kappa shape index (κ3) is 17.2. The van der Waals surface area contributed by atoms with E-state index in [1.54, 1.807) is 0 Å². The molecule has 8 heteroatoms. The van der Waals surface area contributed by atoms with Gasteiger partial charge in [0.2, 0.25) is 0 Å². The Hall–Kier alpha value is -0.790. The van der Waals surface area contributed by atoms with Crippen LogP contribution in [0.4, 0.5) is 0 Å². The topological polar surface area (TPSA) is 86.3 Å². The molecule has 0 radical (unpaired) electrons. The molecule has 7 nitrogen and oxygen atoms in total. The van der Waals surface area contributed by atoms with E-state index < -0.39 is 20.1 Å². The van der Waals surface area contributed by atoms with Gasteiger partial charge in [0.05, 0.1) is 19.8 Å². The van der Waals surface area contributed by atoms with Crippen LogP contribution in [-0.2, 0) is 29.7 Å². The van der Waals surface area contributed by atoms with Crippen molar-refractivity contribution in [2.45, 2.75) is 141 Å². The van der Waals surface area contributed by atoms with Gasteiger partial charge in [-0.2, -0.15) is 0 Å². The normalized spacial score (nSPS) is 18.8. The zero-order valence-electron chi connectivity index (χ0n) is 25.2. The van der Waals surface area contributed by atoms with Gasteiger partial charge in [0.15, 0.2) is 6.29 Å². The summed E-state index contributed by atoms with van der Waals surface area (Å²) >= 11 is 0. The fourth-order valence-corrected chi connectivity index (χ4v) is 6.40. The van der Waals surface area contributed by atoms with Crippen molar-refractivity contribution in [2.24, 2.45) is 0 Å². The van der Waals surface area contributed by atoms with Crippen molar-refractivity contribution in [3.05, 3.63) is 35.9 Å². The van der Waals surface area contributed by atoms with Crippen molar-refractivity contribution >= 4 is 7.75 Å². The van der Waals surface area contributed by atoms with Crippen LogP contribution in [0.5, 0.6) is 0 Å². The fraction of sp³-hybridized carbons (Fsp3) is 0.812. The van der Waals surface area contributed by atoms with Crippen LogP contribution >= 0.6 is 7.75 Å². The summed E-state index contributed by atoms with van der Waals surface area (Å²) < 4.78 is 35.5. The molecule has 0 spiro atoms. The maximum absolute atomic E-state index is 12.7. The maximum atomic E-state index is 12.7. The first-order valence-electron chi connectivity index (χ1n) is 16.2. The van der Waals surface area contributed by atoms with Crippen LogP contribution in [0.3, 0.4) is 0 Å². The van der Waals surface area contributed by atoms with Crippen molar-refractivity contribution in [1.82, 2.24) is 5.09 Å². The highest BCUT2D eigenvalue weighted by molar-refractivity contribution is 7.51. The summed E-state index contributed by atoms with van der Waals surface area (Å²) in [4.78, 5) is 0. The first-order valence-corrected chi connectivity index (χ1v) is 17.8. The van der Waals surface area contributed by atoms with Crippen LogP contribution in [0.1, 0.15) is 128 Å². The zero-order valence-corrected chi connectivity index (χ0v) is 26.1. The van der Waals surface area contributed by atoms with Crippen LogP contribution in [0.15, 0.2) is 30.3 Å². The number of benzene rings is 1. The Morgan fingerprint density at radius 3 is 1.80 bits per heavy atom. The van der Waals surface area contributed by atoms with Gasteiger partial charge < -0.3 is 14.6 Å². The van der Waals surface area contributed by atoms with E-state index in [0.29, 0.717) is 26.4 Å². The van der Waals surface area contributed by atoms with Gasteiger partial charge in [0.25, 0.3) is 0 Å². The molecule has 1 aromatic rings. The van der Waals surface area contributed by atoms with E-state index in [-0.39, 0.29) is 6.61 Å². The number of aliphatic hydroxyl groups excluding tert-OH is 1. The Morgan fingerprint density at radius 1 is 0.800 bits per heavy atom. The highest BCUT2D eigenvalue weighted by Gasteiger charge is 2.37. The van der Waals surface area contributed by atoms with E-state index in [4.69, 9.17) is 18.5 Å². The average molecular weight is 584 g/mol. The molecule has 2 rings (SSSR count). The average Bonchev–Trinajstić information content (AvgIpc) is 3.40. The summed E-state index contributed by atoms with van der Waals surface area (Å²) in [6.45, 7) is 3.50. The first kappa shape index (κ1) is 35.4. The van der Waals surface area contributed by atoms with Crippen molar-refractivity contribution in [3.63, 3.8) is 0 Å². The van der Waals surface area contributed by atoms with Crippen LogP contribution in [0.25, 0.3) is 0 Å². The van der Waals surface area contributed by atoms with Crippen LogP contribution < -0.4 is 5.09 Å². The van der Waals surface area contributed by atoms with Crippen LogP contribution in [-0.4, -0.2) is 43.9 Å². The molecular weight excluding hydrogens is 525 g/mol. The molecule has 1 aromatic carbocycles. The molecule has 3 unspecified atom stereocenters. The molecule has 1 saturated heterocycles. The van der Waals surface area contributed by atoms with E-state index >= 15 is 0 Å². The molecular formula is C32H58NO6P. The lowest BCUT2D eigenvalue weighted by molar-refractivity contribution is -0.181. The van der Waals surface area contributed by atoms with E-state index in [9.17, 15) is 9.67 Å². The monoisotopic (exact) mass is 583 g/mol. The summed E-state index contributed by atoms with van der Waals surface area (Å²) in [6, 6.07) is 9.71. The Bertz CT molecular complexity index is 742. The van der Waals surface area contributed by atoms with Gasteiger partial charge in [-0.25, -0.2) is 9.65 Å². The Kier molecular flexibility index (Phi) is 21.0. The lowest BCUT2D eigenvalue weighted by atomic mass is 10.0. The quantitative estimate of drug-likeness (QED) is 0.0609. The molecule has 1 aliphatic rings. The lowest BCUT2D eigenvalue weighted by Gasteiger charge is -2.27. The van der Waals surface area contributed by atoms with Crippen molar-refractivity contribution in [3.8, 4) is 0 Å². The Balaban J connectivity index is 1.50. The van der Waals surface area contributed by atoms with Gasteiger partial charge in [-0.1, -0.05) is 146 Å². The van der Waals surface area contributed by atoms with Gasteiger partial charge in [0, 0.05) is 13.2 Å². The number of hydrogen-bond donors (Lipinski definition) is 2. The number of rotatable bonds is 27. The first-order chi connectivity index (χ1) is 19.7. The largest absolute Gasteiger partial charge is 0.408 e. The SMILES string of the molecule is CCCCCCCCCCCCCCCCCCCCOC(OP1(=O)NCCO1)C(CO)OCc1ccccc1. The highest BCUT2D eigenvalue weighted by Crippen LogP contribution is 2.48. The summed E-state index contributed by atoms with van der Waals surface area (Å²) in [5.41, 5.74) is 0.977. The Morgan fingerprint density at radius 2 is 1.32 bits per heavy atom. The molecule has 0 aliphatic carbocycles. The third-order valence-electron chi connectivity index (χ3n) is 7.48. The number of nitrogens with one attached hydrogen (secondary N) is 1. The molecule has 1 fully saturated rings. The summed E-state index contributed by atoms with van der Waals surface area (Å²) in [5.74, 6) is 0. The Labute approximate surface area is 244 Å². The number of aliphatic hydroxyl groups is 1. The second-order valence-electron chi connectivity index (χ2n) is 11.1. The fourth-order valence-electron chi connectivity index (χ4n) is 5.00. The summed E-state index contributed by atoms with van der Waals surface area (Å²) in [6.07, 6.45) is 22.1. The molecule has 0 amide bonds. The molecule has 2 N–H and O–H groups in total. The molecule has 0 aromatic heterocycles. The minimum Gasteiger partial charge on any atom is -0.393 e. The van der Waals surface area contributed by atoms with E-state index in [0.717, 1.165) is 18.4 Å². The minimum absolute atomic E-state index is 0.299. The number of unbranched alkanes of at least 4 members (excludes halogenated alkanes) is 17. The van der Waals surface area contributed by atoms with Gasteiger partial charge in [-0.05, 0) is 12.0 Å². The zero-order chi connectivity index (χ0) is 28.6. The molecule has 1 aliphatic heterocycles. The smallest absolute Gasteiger partial charge is 0.393 e. The van der Waals surface area contributed by atoms with Gasteiger partial charge in [0.1, 0.15) is 6.10 Å². The maximum Gasteiger partial charge on any atom is 0.408 e. The standard InChI is InChI=1S/C32H58NO6P/c1-2-3-4-5-6-7-8-9-10-11-12-13-14-15-16-17-18-22-26-36-32(39-40(35)33-25-27-38-40)31(28-34)37-29-30-23-20-19-21-24-30/h19-21,23-24,31-32,34H,2-18,22,25-29H2,1H3,(H,33,35). The third-order valence-corrected chi connectivity index (χ3v) is 9.10. The van der Waals surface area contributed by atoms with Crippen molar-refractivity contribution in [1.29, 1.82) is 0 Å². The van der Waals surface area contributed by atoms with E-state index in [2.05, 4.69) is 12.0 Å².